The zero-order valence-electron chi connectivity index (χ0n) is 17.8. The number of rotatable bonds is 8. The molecule has 30 heavy (non-hydrogen) atoms. The normalized spacial score (nSPS) is 10.3. The van der Waals surface area contributed by atoms with Crippen LogP contribution in [0.2, 0.25) is 0 Å². The van der Waals surface area contributed by atoms with Crippen molar-refractivity contribution in [2.45, 2.75) is 0 Å². The van der Waals surface area contributed by atoms with Crippen LogP contribution < -0.4 is 18.9 Å². The first-order valence-electron chi connectivity index (χ1n) is 9.45. The lowest BCUT2D eigenvalue weighted by atomic mass is 9.94. The highest BCUT2D eigenvalue weighted by molar-refractivity contribution is 5.85. The minimum Gasteiger partial charge on any atom is -0.497 e. The van der Waals surface area contributed by atoms with Crippen LogP contribution in [0, 0.1) is 0 Å². The maximum atomic E-state index is 5.52. The van der Waals surface area contributed by atoms with E-state index in [1.807, 2.05) is 60.7 Å². The van der Waals surface area contributed by atoms with Gasteiger partial charge in [-0.15, -0.1) is 0 Å². The van der Waals surface area contributed by atoms with Crippen molar-refractivity contribution < 1.29 is 18.9 Å². The Morgan fingerprint density at radius 3 is 1.20 bits per heavy atom. The second kappa shape index (κ2) is 9.23. The highest BCUT2D eigenvalue weighted by Crippen LogP contribution is 2.35. The number of benzene rings is 3. The van der Waals surface area contributed by atoms with E-state index >= 15 is 0 Å². The van der Waals surface area contributed by atoms with Crippen molar-refractivity contribution in [1.29, 1.82) is 0 Å². The molecule has 3 rings (SSSR count). The van der Waals surface area contributed by atoms with Crippen LogP contribution in [0.15, 0.2) is 73.8 Å². The van der Waals surface area contributed by atoms with Gasteiger partial charge in [-0.2, -0.15) is 0 Å². The molecule has 0 aliphatic heterocycles. The van der Waals surface area contributed by atoms with Crippen molar-refractivity contribution in [2.75, 3.05) is 28.4 Å². The highest BCUT2D eigenvalue weighted by Gasteiger charge is 2.13. The van der Waals surface area contributed by atoms with Crippen LogP contribution in [0.3, 0.4) is 0 Å². The summed E-state index contributed by atoms with van der Waals surface area (Å²) in [7, 11) is 6.54. The zero-order chi connectivity index (χ0) is 21.7. The van der Waals surface area contributed by atoms with E-state index in [1.165, 1.54) is 0 Å². The minimum absolute atomic E-state index is 0.718. The third-order valence-corrected chi connectivity index (χ3v) is 5.05. The van der Waals surface area contributed by atoms with E-state index in [0.717, 1.165) is 56.4 Å². The standard InChI is InChI=1S/C26H26O4/c1-17(23-13-11-21(27-3)15-25(23)29-5)19-7-9-20(10-8-19)18(2)24-14-12-22(28-4)16-26(24)30-6/h7-16H,1-2H2,3-6H3. The smallest absolute Gasteiger partial charge is 0.130 e. The Morgan fingerprint density at radius 2 is 0.900 bits per heavy atom. The largest absolute Gasteiger partial charge is 0.497 e. The van der Waals surface area contributed by atoms with Crippen LogP contribution in [-0.4, -0.2) is 28.4 Å². The summed E-state index contributed by atoms with van der Waals surface area (Å²) in [6.07, 6.45) is 0. The molecule has 0 amide bonds. The summed E-state index contributed by atoms with van der Waals surface area (Å²) in [4.78, 5) is 0. The average molecular weight is 402 g/mol. The van der Waals surface area contributed by atoms with Gasteiger partial charge in [0.1, 0.15) is 23.0 Å². The Balaban J connectivity index is 1.88. The molecule has 4 heteroatoms. The van der Waals surface area contributed by atoms with Gasteiger partial charge in [0.15, 0.2) is 0 Å². The van der Waals surface area contributed by atoms with Gasteiger partial charge >= 0.3 is 0 Å². The summed E-state index contributed by atoms with van der Waals surface area (Å²) in [6, 6.07) is 19.5. The number of methoxy groups -OCH3 is 4. The molecule has 0 N–H and O–H groups in total. The molecule has 0 spiro atoms. The molecule has 4 nitrogen and oxygen atoms in total. The molecule has 0 saturated carbocycles. The molecule has 3 aromatic carbocycles. The van der Waals surface area contributed by atoms with Crippen LogP contribution in [0.5, 0.6) is 23.0 Å². The van der Waals surface area contributed by atoms with Crippen LogP contribution in [0.4, 0.5) is 0 Å². The Labute approximate surface area is 178 Å². The first-order valence-corrected chi connectivity index (χ1v) is 9.45. The van der Waals surface area contributed by atoms with E-state index < -0.39 is 0 Å². The minimum atomic E-state index is 0.718. The summed E-state index contributed by atoms with van der Waals surface area (Å²) in [6.45, 7) is 8.52. The van der Waals surface area contributed by atoms with E-state index in [9.17, 15) is 0 Å². The summed E-state index contributed by atoms with van der Waals surface area (Å²) in [5.41, 5.74) is 5.57. The first-order chi connectivity index (χ1) is 14.5. The molecule has 0 aromatic heterocycles. The van der Waals surface area contributed by atoms with Crippen LogP contribution >= 0.6 is 0 Å². The molecular weight excluding hydrogens is 376 g/mol. The molecule has 0 aliphatic rings. The third-order valence-electron chi connectivity index (χ3n) is 5.05. The molecule has 154 valence electrons. The van der Waals surface area contributed by atoms with Crippen molar-refractivity contribution in [3.8, 4) is 23.0 Å². The third kappa shape index (κ3) is 4.18. The average Bonchev–Trinajstić information content (AvgIpc) is 2.82. The zero-order valence-corrected chi connectivity index (χ0v) is 17.8. The Morgan fingerprint density at radius 1 is 0.533 bits per heavy atom. The molecule has 0 saturated heterocycles. The molecule has 0 radical (unpaired) electrons. The SMILES string of the molecule is C=C(c1ccc(C(=C)c2ccc(OC)cc2OC)cc1)c1ccc(OC)cc1OC. The van der Waals surface area contributed by atoms with Gasteiger partial charge < -0.3 is 18.9 Å². The second-order valence-corrected chi connectivity index (χ2v) is 6.67. The maximum Gasteiger partial charge on any atom is 0.130 e. The van der Waals surface area contributed by atoms with Gasteiger partial charge in [0.25, 0.3) is 0 Å². The van der Waals surface area contributed by atoms with Gasteiger partial charge in [0, 0.05) is 23.3 Å². The van der Waals surface area contributed by atoms with E-state index in [-0.39, 0.29) is 0 Å². The van der Waals surface area contributed by atoms with Gasteiger partial charge in [-0.3, -0.25) is 0 Å². The molecule has 0 fully saturated rings. The van der Waals surface area contributed by atoms with E-state index in [0.29, 0.717) is 0 Å². The van der Waals surface area contributed by atoms with Crippen molar-refractivity contribution in [2.24, 2.45) is 0 Å². The Hall–Kier alpha value is -3.66. The summed E-state index contributed by atoms with van der Waals surface area (Å²) in [5, 5.41) is 0. The maximum absolute atomic E-state index is 5.52. The summed E-state index contributed by atoms with van der Waals surface area (Å²) < 4.78 is 21.6. The number of hydrogen-bond donors (Lipinski definition) is 0. The quantitative estimate of drug-likeness (QED) is 0.474. The van der Waals surface area contributed by atoms with E-state index in [1.54, 1.807) is 28.4 Å². The fourth-order valence-corrected chi connectivity index (χ4v) is 3.28. The van der Waals surface area contributed by atoms with Gasteiger partial charge in [0.2, 0.25) is 0 Å². The molecule has 0 unspecified atom stereocenters. The Bertz CT molecular complexity index is 978. The van der Waals surface area contributed by atoms with Crippen molar-refractivity contribution >= 4 is 11.1 Å². The topological polar surface area (TPSA) is 36.9 Å². The molecule has 3 aromatic rings. The monoisotopic (exact) mass is 402 g/mol. The van der Waals surface area contributed by atoms with Crippen molar-refractivity contribution in [3.05, 3.63) is 96.1 Å². The summed E-state index contributed by atoms with van der Waals surface area (Å²) >= 11 is 0. The fraction of sp³-hybridized carbons (Fsp3) is 0.154. The second-order valence-electron chi connectivity index (χ2n) is 6.67. The molecular formula is C26H26O4. The lowest BCUT2D eigenvalue weighted by Gasteiger charge is -2.15. The molecule has 0 aliphatic carbocycles. The van der Waals surface area contributed by atoms with Crippen molar-refractivity contribution in [1.82, 2.24) is 0 Å². The van der Waals surface area contributed by atoms with E-state index in [2.05, 4.69) is 13.2 Å². The Kier molecular flexibility index (Phi) is 6.48. The number of ether oxygens (including phenoxy) is 4. The van der Waals surface area contributed by atoms with Gasteiger partial charge in [-0.05, 0) is 46.5 Å². The lowest BCUT2D eigenvalue weighted by Crippen LogP contribution is -1.96. The molecule has 0 heterocycles. The van der Waals surface area contributed by atoms with Crippen LogP contribution in [-0.2, 0) is 0 Å². The predicted octanol–water partition coefficient (Wildman–Crippen LogP) is 5.84. The van der Waals surface area contributed by atoms with Gasteiger partial charge in [0.05, 0.1) is 28.4 Å². The molecule has 0 bridgehead atoms. The lowest BCUT2D eigenvalue weighted by molar-refractivity contribution is 0.393. The van der Waals surface area contributed by atoms with Crippen LogP contribution in [0.1, 0.15) is 22.3 Å². The number of hydrogen-bond acceptors (Lipinski definition) is 4. The van der Waals surface area contributed by atoms with E-state index in [4.69, 9.17) is 18.9 Å². The van der Waals surface area contributed by atoms with Gasteiger partial charge in [-0.25, -0.2) is 0 Å². The molecule has 0 atom stereocenters. The van der Waals surface area contributed by atoms with Crippen LogP contribution in [0.25, 0.3) is 11.1 Å². The van der Waals surface area contributed by atoms with Crippen molar-refractivity contribution in [3.63, 3.8) is 0 Å². The fourth-order valence-electron chi connectivity index (χ4n) is 3.28. The van der Waals surface area contributed by atoms with Gasteiger partial charge in [-0.1, -0.05) is 37.4 Å². The highest BCUT2D eigenvalue weighted by atomic mass is 16.5. The predicted molar refractivity (Wildman–Crippen MR) is 122 cm³/mol. The summed E-state index contributed by atoms with van der Waals surface area (Å²) in [5.74, 6) is 2.92. The first kappa shape index (κ1) is 21.1.